The Kier molecular flexibility index (Phi) is 6.71. The summed E-state index contributed by atoms with van der Waals surface area (Å²) < 4.78 is 36.4. The molecule has 0 radical (unpaired) electrons. The van der Waals surface area contributed by atoms with Crippen LogP contribution in [0, 0.1) is 5.92 Å². The molecule has 0 bridgehead atoms. The summed E-state index contributed by atoms with van der Waals surface area (Å²) in [6.07, 6.45) is 5.21. The molecule has 1 aliphatic heterocycles. The molecule has 2 atom stereocenters. The van der Waals surface area contributed by atoms with E-state index >= 15 is 0 Å². The molecule has 1 saturated carbocycles. The van der Waals surface area contributed by atoms with Crippen LogP contribution in [0.1, 0.15) is 37.8 Å². The fourth-order valence-electron chi connectivity index (χ4n) is 3.81. The average Bonchev–Trinajstić information content (AvgIpc) is 3.50. The Bertz CT molecular complexity index is 917. The number of aliphatic hydroxyl groups excluding tert-OH is 1. The number of pyridine rings is 1. The predicted molar refractivity (Wildman–Crippen MR) is 114 cm³/mol. The van der Waals surface area contributed by atoms with E-state index in [1.54, 1.807) is 42.4 Å². The molecule has 174 valence electrons. The number of piperidine rings is 1. The van der Waals surface area contributed by atoms with Crippen LogP contribution in [0.25, 0.3) is 0 Å². The van der Waals surface area contributed by atoms with Crippen molar-refractivity contribution in [2.75, 3.05) is 31.6 Å². The second-order valence-electron chi connectivity index (χ2n) is 8.58. The monoisotopic (exact) mass is 449 g/mol. The van der Waals surface area contributed by atoms with Crippen molar-refractivity contribution < 1.29 is 23.4 Å². The number of carbonyl (C=O) groups excluding carboxylic acids is 1. The predicted octanol–water partition coefficient (Wildman–Crippen LogP) is 2.51. The summed E-state index contributed by atoms with van der Waals surface area (Å²) in [5.74, 6) is -2.65. The van der Waals surface area contributed by atoms with Gasteiger partial charge in [-0.15, -0.1) is 0 Å². The molecule has 2 fully saturated rings. The number of alkyl halides is 2. The van der Waals surface area contributed by atoms with Gasteiger partial charge in [0.15, 0.2) is 0 Å². The number of likely N-dealkylation sites (tertiary alicyclic amines) is 1. The van der Waals surface area contributed by atoms with Gasteiger partial charge < -0.3 is 15.2 Å². The lowest BCUT2D eigenvalue weighted by molar-refractivity contribution is -0.125. The molecule has 1 aliphatic carbocycles. The van der Waals surface area contributed by atoms with Crippen molar-refractivity contribution >= 4 is 11.7 Å². The van der Waals surface area contributed by atoms with Gasteiger partial charge >= 0.3 is 0 Å². The van der Waals surface area contributed by atoms with Crippen molar-refractivity contribution in [1.82, 2.24) is 19.7 Å². The smallest absolute Gasteiger partial charge is 0.258 e. The fourth-order valence-corrected chi connectivity index (χ4v) is 3.81. The largest absolute Gasteiger partial charge is 0.492 e. The van der Waals surface area contributed by atoms with Crippen LogP contribution in [0.5, 0.6) is 5.75 Å². The zero-order valence-corrected chi connectivity index (χ0v) is 18.1. The number of nitrogens with zero attached hydrogens (tertiary/aromatic N) is 4. The number of hydrogen-bond acceptors (Lipinski definition) is 6. The Morgan fingerprint density at radius 2 is 2.19 bits per heavy atom. The van der Waals surface area contributed by atoms with E-state index in [2.05, 4.69) is 15.4 Å². The highest BCUT2D eigenvalue weighted by molar-refractivity contribution is 5.93. The van der Waals surface area contributed by atoms with Gasteiger partial charge in [-0.25, -0.2) is 13.8 Å². The fraction of sp³-hybridized carbons (Fsp3) is 0.591. The van der Waals surface area contributed by atoms with Crippen molar-refractivity contribution in [2.45, 2.75) is 50.6 Å². The zero-order chi connectivity index (χ0) is 22.7. The molecule has 0 aromatic carbocycles. The number of amides is 1. The highest BCUT2D eigenvalue weighted by Crippen LogP contribution is 2.40. The van der Waals surface area contributed by atoms with E-state index < -0.39 is 17.9 Å². The quantitative estimate of drug-likeness (QED) is 0.611. The molecule has 0 unspecified atom stereocenters. The van der Waals surface area contributed by atoms with E-state index in [-0.39, 0.29) is 44.3 Å². The Labute approximate surface area is 185 Å². The van der Waals surface area contributed by atoms with Crippen LogP contribution >= 0.6 is 0 Å². The summed E-state index contributed by atoms with van der Waals surface area (Å²) in [4.78, 5) is 18.7. The molecule has 10 heteroatoms. The van der Waals surface area contributed by atoms with Crippen molar-refractivity contribution in [3.8, 4) is 5.75 Å². The summed E-state index contributed by atoms with van der Waals surface area (Å²) in [6, 6.07) is 4.38. The number of nitrogens with one attached hydrogen (secondary N) is 1. The van der Waals surface area contributed by atoms with Crippen LogP contribution in [-0.2, 0) is 11.3 Å². The molecule has 3 heterocycles. The molecule has 2 aliphatic rings. The second kappa shape index (κ2) is 9.50. The Morgan fingerprint density at radius 3 is 2.88 bits per heavy atom. The van der Waals surface area contributed by atoms with Crippen molar-refractivity contribution in [1.29, 1.82) is 0 Å². The zero-order valence-electron chi connectivity index (χ0n) is 18.1. The topological polar surface area (TPSA) is 92.5 Å². The molecule has 2 N–H and O–H groups in total. The molecule has 8 nitrogen and oxygen atoms in total. The van der Waals surface area contributed by atoms with Crippen molar-refractivity contribution in [3.63, 3.8) is 0 Å². The van der Waals surface area contributed by atoms with E-state index in [1.807, 2.05) is 0 Å². The third-order valence-corrected chi connectivity index (χ3v) is 6.10. The highest BCUT2D eigenvalue weighted by atomic mass is 19.3. The maximum atomic E-state index is 14.6. The summed E-state index contributed by atoms with van der Waals surface area (Å²) in [5, 5.41) is 16.0. The lowest BCUT2D eigenvalue weighted by Gasteiger charge is -2.39. The maximum absolute atomic E-state index is 14.6. The number of halogens is 2. The van der Waals surface area contributed by atoms with E-state index in [9.17, 15) is 13.6 Å². The van der Waals surface area contributed by atoms with Crippen LogP contribution in [-0.4, -0.2) is 68.9 Å². The van der Waals surface area contributed by atoms with Gasteiger partial charge in [-0.2, -0.15) is 5.10 Å². The third-order valence-electron chi connectivity index (χ3n) is 6.10. The van der Waals surface area contributed by atoms with E-state index in [4.69, 9.17) is 9.84 Å². The molecule has 0 spiro atoms. The molecule has 1 saturated heterocycles. The van der Waals surface area contributed by atoms with Crippen molar-refractivity contribution in [2.24, 2.45) is 5.92 Å². The molecule has 2 aromatic heterocycles. The first kappa shape index (κ1) is 22.6. The highest BCUT2D eigenvalue weighted by Gasteiger charge is 2.47. The number of carbonyl (C=O) groups is 1. The average molecular weight is 450 g/mol. The Hall–Kier alpha value is -2.59. The SMILES string of the molecule is C[C@@H](C(=O)Nc1ccc(OCC2CC2)cn1)N1CCC(F)(F)[C@H](c2ccn(CCO)n2)C1. The maximum Gasteiger partial charge on any atom is 0.258 e. The number of anilines is 1. The van der Waals surface area contributed by atoms with Gasteiger partial charge in [-0.05, 0) is 43.9 Å². The first-order chi connectivity index (χ1) is 15.4. The number of ether oxygens (including phenoxy) is 1. The van der Waals surface area contributed by atoms with Gasteiger partial charge in [0.1, 0.15) is 11.6 Å². The minimum Gasteiger partial charge on any atom is -0.492 e. The minimum absolute atomic E-state index is 0.0130. The first-order valence-electron chi connectivity index (χ1n) is 11.0. The standard InChI is InChI=1S/C22H29F2N5O3/c1-15(21(31)26-20-5-4-17(12-25-20)32-14-16-2-3-16)28-9-7-22(23,24)18(13-28)19-6-8-29(27-19)10-11-30/h4-6,8,12,15-16,18,30H,2-3,7,9-11,13-14H2,1H3,(H,25,26,31)/t15-,18-/m0/s1. The number of hydrogen-bond donors (Lipinski definition) is 2. The Balaban J connectivity index is 1.36. The Morgan fingerprint density at radius 1 is 1.38 bits per heavy atom. The first-order valence-corrected chi connectivity index (χ1v) is 11.0. The van der Waals surface area contributed by atoms with Gasteiger partial charge in [0.05, 0.1) is 43.6 Å². The van der Waals surface area contributed by atoms with Crippen LogP contribution in [0.15, 0.2) is 30.6 Å². The summed E-state index contributed by atoms with van der Waals surface area (Å²) >= 11 is 0. The number of aliphatic hydroxyl groups is 1. The minimum atomic E-state index is -2.91. The number of aromatic nitrogens is 3. The van der Waals surface area contributed by atoms with Gasteiger partial charge in [0.25, 0.3) is 5.92 Å². The molecule has 1 amide bonds. The lowest BCUT2D eigenvalue weighted by atomic mass is 9.90. The van der Waals surface area contributed by atoms with E-state index in [1.165, 1.54) is 17.5 Å². The summed E-state index contributed by atoms with van der Waals surface area (Å²) in [6.45, 7) is 2.64. The third kappa shape index (κ3) is 5.42. The molecular formula is C22H29F2N5O3. The summed E-state index contributed by atoms with van der Waals surface area (Å²) in [5.41, 5.74) is 0.268. The van der Waals surface area contributed by atoms with Gasteiger partial charge in [0, 0.05) is 25.7 Å². The van der Waals surface area contributed by atoms with Gasteiger partial charge in [-0.3, -0.25) is 14.4 Å². The van der Waals surface area contributed by atoms with Crippen LogP contribution in [0.4, 0.5) is 14.6 Å². The van der Waals surface area contributed by atoms with Gasteiger partial charge in [0.2, 0.25) is 5.91 Å². The van der Waals surface area contributed by atoms with Crippen LogP contribution in [0.3, 0.4) is 0 Å². The molecular weight excluding hydrogens is 420 g/mol. The lowest BCUT2D eigenvalue weighted by Crippen LogP contribution is -2.52. The van der Waals surface area contributed by atoms with E-state index in [0.29, 0.717) is 24.1 Å². The number of rotatable bonds is 9. The van der Waals surface area contributed by atoms with Crippen molar-refractivity contribution in [3.05, 3.63) is 36.3 Å². The summed E-state index contributed by atoms with van der Waals surface area (Å²) in [7, 11) is 0. The molecule has 32 heavy (non-hydrogen) atoms. The second-order valence-corrected chi connectivity index (χ2v) is 8.58. The molecule has 2 aromatic rings. The van der Waals surface area contributed by atoms with Crippen LogP contribution < -0.4 is 10.1 Å². The van der Waals surface area contributed by atoms with E-state index in [0.717, 1.165) is 0 Å². The van der Waals surface area contributed by atoms with Gasteiger partial charge in [-0.1, -0.05) is 0 Å². The van der Waals surface area contributed by atoms with Crippen LogP contribution in [0.2, 0.25) is 0 Å². The normalized spacial score (nSPS) is 21.8. The molecule has 4 rings (SSSR count).